The zero-order chi connectivity index (χ0) is 13.1. The molecule has 0 saturated heterocycles. The first kappa shape index (κ1) is 13.1. The second kappa shape index (κ2) is 5.54. The summed E-state index contributed by atoms with van der Waals surface area (Å²) in [5.74, 6) is 1.75. The third-order valence-corrected chi connectivity index (χ3v) is 3.19. The largest absolute Gasteiger partial charge is 0.496 e. The van der Waals surface area contributed by atoms with E-state index >= 15 is 0 Å². The van der Waals surface area contributed by atoms with Crippen molar-refractivity contribution in [2.75, 3.05) is 14.2 Å². The molecule has 0 fully saturated rings. The van der Waals surface area contributed by atoms with Gasteiger partial charge in [-0.3, -0.25) is 0 Å². The van der Waals surface area contributed by atoms with Crippen LogP contribution in [0.3, 0.4) is 0 Å². The first-order valence-electron chi connectivity index (χ1n) is 5.69. The molecule has 96 valence electrons. The van der Waals surface area contributed by atoms with Gasteiger partial charge in [-0.1, -0.05) is 15.9 Å². The number of nitrogens with zero attached hydrogens (tertiary/aromatic N) is 1. The van der Waals surface area contributed by atoms with Crippen LogP contribution in [0.2, 0.25) is 0 Å². The fraction of sp³-hybridized carbons (Fsp3) is 0.308. The van der Waals surface area contributed by atoms with Crippen molar-refractivity contribution < 1.29 is 4.74 Å². The highest BCUT2D eigenvalue weighted by Gasteiger charge is 2.13. The Morgan fingerprint density at radius 1 is 1.44 bits per heavy atom. The summed E-state index contributed by atoms with van der Waals surface area (Å²) in [6, 6.07) is 5.91. The number of rotatable bonds is 4. The number of benzene rings is 1. The van der Waals surface area contributed by atoms with E-state index in [1.54, 1.807) is 7.11 Å². The Hall–Kier alpha value is -1.33. The molecule has 4 nitrogen and oxygen atoms in total. The SMILES string of the molecule is CNCc1nc(-c2cc(Br)ccc2OC)c(C)[nH]1. The normalized spacial score (nSPS) is 10.7. The molecule has 2 rings (SSSR count). The molecule has 1 aromatic heterocycles. The lowest BCUT2D eigenvalue weighted by molar-refractivity contribution is 0.416. The molecular formula is C13H16BrN3O. The van der Waals surface area contributed by atoms with Gasteiger partial charge in [0.25, 0.3) is 0 Å². The van der Waals surface area contributed by atoms with Gasteiger partial charge in [0.15, 0.2) is 0 Å². The summed E-state index contributed by atoms with van der Waals surface area (Å²) in [5, 5.41) is 3.08. The van der Waals surface area contributed by atoms with Gasteiger partial charge in [0, 0.05) is 15.7 Å². The summed E-state index contributed by atoms with van der Waals surface area (Å²) in [7, 11) is 3.57. The Morgan fingerprint density at radius 2 is 2.22 bits per heavy atom. The van der Waals surface area contributed by atoms with E-state index in [2.05, 4.69) is 31.2 Å². The molecule has 0 aliphatic rings. The highest BCUT2D eigenvalue weighted by molar-refractivity contribution is 9.10. The van der Waals surface area contributed by atoms with Crippen LogP contribution in [0.5, 0.6) is 5.75 Å². The second-order valence-electron chi connectivity index (χ2n) is 4.03. The van der Waals surface area contributed by atoms with Crippen LogP contribution in [-0.4, -0.2) is 24.1 Å². The quantitative estimate of drug-likeness (QED) is 0.913. The number of H-pyrrole nitrogens is 1. The predicted octanol–water partition coefficient (Wildman–Crippen LogP) is 2.88. The Morgan fingerprint density at radius 3 is 2.89 bits per heavy atom. The molecule has 0 saturated carbocycles. The van der Waals surface area contributed by atoms with Gasteiger partial charge in [-0.15, -0.1) is 0 Å². The molecule has 1 aromatic carbocycles. The standard InChI is InChI=1S/C13H16BrN3O/c1-8-13(17-12(16-8)7-15-2)10-6-9(14)4-5-11(10)18-3/h4-6,15H,7H2,1-3H3,(H,16,17). The van der Waals surface area contributed by atoms with Crippen molar-refractivity contribution in [2.24, 2.45) is 0 Å². The van der Waals surface area contributed by atoms with E-state index in [1.165, 1.54) is 0 Å². The van der Waals surface area contributed by atoms with Crippen LogP contribution < -0.4 is 10.1 Å². The van der Waals surface area contributed by atoms with E-state index in [0.717, 1.165) is 39.5 Å². The van der Waals surface area contributed by atoms with Crippen molar-refractivity contribution in [1.82, 2.24) is 15.3 Å². The minimum absolute atomic E-state index is 0.719. The molecule has 0 aliphatic heterocycles. The monoisotopic (exact) mass is 309 g/mol. The maximum Gasteiger partial charge on any atom is 0.128 e. The van der Waals surface area contributed by atoms with Gasteiger partial charge in [-0.25, -0.2) is 4.98 Å². The summed E-state index contributed by atoms with van der Waals surface area (Å²) < 4.78 is 6.40. The van der Waals surface area contributed by atoms with E-state index in [9.17, 15) is 0 Å². The van der Waals surface area contributed by atoms with Crippen LogP contribution in [0.4, 0.5) is 0 Å². The van der Waals surface area contributed by atoms with Crippen LogP contribution in [0, 0.1) is 6.92 Å². The van der Waals surface area contributed by atoms with Crippen molar-refractivity contribution >= 4 is 15.9 Å². The van der Waals surface area contributed by atoms with Gasteiger partial charge in [-0.2, -0.15) is 0 Å². The molecule has 2 aromatic rings. The van der Waals surface area contributed by atoms with E-state index in [1.807, 2.05) is 32.2 Å². The molecule has 0 bridgehead atoms. The van der Waals surface area contributed by atoms with E-state index in [-0.39, 0.29) is 0 Å². The molecule has 0 atom stereocenters. The molecule has 0 aliphatic carbocycles. The number of hydrogen-bond donors (Lipinski definition) is 2. The maximum absolute atomic E-state index is 5.39. The molecule has 0 amide bonds. The number of aromatic nitrogens is 2. The molecule has 0 unspecified atom stereocenters. The first-order valence-corrected chi connectivity index (χ1v) is 6.49. The number of hydrogen-bond acceptors (Lipinski definition) is 3. The summed E-state index contributed by atoms with van der Waals surface area (Å²) >= 11 is 3.48. The Balaban J connectivity index is 2.50. The Kier molecular flexibility index (Phi) is 4.04. The molecule has 0 radical (unpaired) electrons. The number of halogens is 1. The van der Waals surface area contributed by atoms with E-state index in [0.29, 0.717) is 0 Å². The second-order valence-corrected chi connectivity index (χ2v) is 4.95. The molecular weight excluding hydrogens is 294 g/mol. The van der Waals surface area contributed by atoms with E-state index in [4.69, 9.17) is 4.74 Å². The summed E-state index contributed by atoms with van der Waals surface area (Å²) in [6.07, 6.45) is 0. The summed E-state index contributed by atoms with van der Waals surface area (Å²) in [5.41, 5.74) is 2.96. The van der Waals surface area contributed by atoms with E-state index < -0.39 is 0 Å². The van der Waals surface area contributed by atoms with Gasteiger partial charge in [0.1, 0.15) is 11.6 Å². The van der Waals surface area contributed by atoms with Crippen LogP contribution in [0.15, 0.2) is 22.7 Å². The van der Waals surface area contributed by atoms with Gasteiger partial charge in [0.2, 0.25) is 0 Å². The molecule has 18 heavy (non-hydrogen) atoms. The van der Waals surface area contributed by atoms with Gasteiger partial charge < -0.3 is 15.0 Å². The number of aromatic amines is 1. The van der Waals surface area contributed by atoms with Crippen molar-refractivity contribution in [3.63, 3.8) is 0 Å². The third-order valence-electron chi connectivity index (χ3n) is 2.69. The van der Waals surface area contributed by atoms with Gasteiger partial charge in [0.05, 0.1) is 19.3 Å². The van der Waals surface area contributed by atoms with Crippen LogP contribution in [0.25, 0.3) is 11.3 Å². The maximum atomic E-state index is 5.39. The van der Waals surface area contributed by atoms with Crippen LogP contribution in [0.1, 0.15) is 11.5 Å². The Bertz CT molecular complexity index is 551. The average molecular weight is 310 g/mol. The first-order chi connectivity index (χ1) is 8.65. The zero-order valence-corrected chi connectivity index (χ0v) is 12.3. The average Bonchev–Trinajstić information content (AvgIpc) is 2.70. The Labute approximate surface area is 115 Å². The highest BCUT2D eigenvalue weighted by atomic mass is 79.9. The number of nitrogens with one attached hydrogen (secondary N) is 2. The van der Waals surface area contributed by atoms with Crippen molar-refractivity contribution in [3.8, 4) is 17.0 Å². The summed E-state index contributed by atoms with van der Waals surface area (Å²) in [4.78, 5) is 7.87. The van der Waals surface area contributed by atoms with Gasteiger partial charge in [-0.05, 0) is 32.2 Å². The summed E-state index contributed by atoms with van der Waals surface area (Å²) in [6.45, 7) is 2.74. The fourth-order valence-corrected chi connectivity index (χ4v) is 2.26. The zero-order valence-electron chi connectivity index (χ0n) is 10.7. The third kappa shape index (κ3) is 2.57. The van der Waals surface area contributed by atoms with Gasteiger partial charge >= 0.3 is 0 Å². The number of imidazole rings is 1. The lowest BCUT2D eigenvalue weighted by Crippen LogP contribution is -2.06. The number of aryl methyl sites for hydroxylation is 1. The lowest BCUT2D eigenvalue weighted by Gasteiger charge is -2.07. The molecule has 2 N–H and O–H groups in total. The van der Waals surface area contributed by atoms with Crippen LogP contribution >= 0.6 is 15.9 Å². The smallest absolute Gasteiger partial charge is 0.128 e. The minimum Gasteiger partial charge on any atom is -0.496 e. The minimum atomic E-state index is 0.719. The molecule has 0 spiro atoms. The molecule has 1 heterocycles. The topological polar surface area (TPSA) is 49.9 Å². The van der Waals surface area contributed by atoms with Crippen molar-refractivity contribution in [1.29, 1.82) is 0 Å². The van der Waals surface area contributed by atoms with Crippen molar-refractivity contribution in [2.45, 2.75) is 13.5 Å². The fourth-order valence-electron chi connectivity index (χ4n) is 1.90. The van der Waals surface area contributed by atoms with Crippen molar-refractivity contribution in [3.05, 3.63) is 34.2 Å². The number of ether oxygens (including phenoxy) is 1. The molecule has 5 heteroatoms. The predicted molar refractivity (Wildman–Crippen MR) is 75.8 cm³/mol. The number of methoxy groups -OCH3 is 1. The highest BCUT2D eigenvalue weighted by Crippen LogP contribution is 2.33. The van der Waals surface area contributed by atoms with Crippen LogP contribution in [-0.2, 0) is 6.54 Å². The lowest BCUT2D eigenvalue weighted by atomic mass is 10.1.